The summed E-state index contributed by atoms with van der Waals surface area (Å²) in [4.78, 5) is 0. The molecule has 6 heteroatoms. The van der Waals surface area contributed by atoms with E-state index in [-0.39, 0.29) is 13.3 Å². The van der Waals surface area contributed by atoms with Crippen LogP contribution in [0.25, 0.3) is 0 Å². The summed E-state index contributed by atoms with van der Waals surface area (Å²) < 4.78 is 34.5. The minimum absolute atomic E-state index is 0.116. The van der Waals surface area contributed by atoms with E-state index in [1.54, 1.807) is 0 Å². The van der Waals surface area contributed by atoms with Crippen LogP contribution in [0, 0.1) is 0 Å². The first kappa shape index (κ1) is 7.52. The average Bonchev–Trinajstić information content (AvgIpc) is 1.88. The zero-order chi connectivity index (χ0) is 7.61. The van der Waals surface area contributed by atoms with Gasteiger partial charge in [-0.1, -0.05) is 0 Å². The maximum absolute atomic E-state index is 10.4. The molecule has 5 nitrogen and oxygen atoms in total. The molecule has 0 amide bonds. The van der Waals surface area contributed by atoms with Crippen molar-refractivity contribution in [3.8, 4) is 0 Å². The van der Waals surface area contributed by atoms with E-state index in [0.717, 1.165) is 4.31 Å². The van der Waals surface area contributed by atoms with Crippen molar-refractivity contribution >= 4 is 10.3 Å². The quantitative estimate of drug-likeness (QED) is 0.536. The van der Waals surface area contributed by atoms with E-state index in [1.165, 1.54) is 12.3 Å². The molecule has 0 bridgehead atoms. The number of hydrogen-bond donors (Lipinski definition) is 1. The molecule has 0 fully saturated rings. The maximum atomic E-state index is 10.4. The maximum Gasteiger partial charge on any atom is 0.339 e. The molecule has 58 valence electrons. The summed E-state index contributed by atoms with van der Waals surface area (Å²) in [5.41, 5.74) is 0. The summed E-state index contributed by atoms with van der Waals surface area (Å²) in [6.45, 7) is 0.0498. The van der Waals surface area contributed by atoms with Crippen LogP contribution in [0.1, 0.15) is 0 Å². The van der Waals surface area contributed by atoms with E-state index in [9.17, 15) is 8.42 Å². The first-order valence-corrected chi connectivity index (χ1v) is 3.99. The fourth-order valence-electron chi connectivity index (χ4n) is 0.568. The second-order valence-corrected chi connectivity index (χ2v) is 3.19. The minimum Gasteiger partial charge on any atom is -0.485 e. The molecular formula is C4H7NO4S. The van der Waals surface area contributed by atoms with Gasteiger partial charge in [0.1, 0.15) is 0 Å². The van der Waals surface area contributed by atoms with E-state index in [1.807, 2.05) is 0 Å². The number of hydrogen-bond acceptors (Lipinski definition) is 3. The van der Waals surface area contributed by atoms with Gasteiger partial charge in [-0.2, -0.15) is 8.42 Å². The van der Waals surface area contributed by atoms with Crippen LogP contribution in [0.2, 0.25) is 0 Å². The van der Waals surface area contributed by atoms with Gasteiger partial charge in [0, 0.05) is 6.54 Å². The van der Waals surface area contributed by atoms with Crippen LogP contribution in [-0.4, -0.2) is 30.6 Å². The van der Waals surface area contributed by atoms with Gasteiger partial charge in [-0.25, -0.2) is 0 Å². The minimum atomic E-state index is -4.07. The smallest absolute Gasteiger partial charge is 0.339 e. The average molecular weight is 165 g/mol. The van der Waals surface area contributed by atoms with Crippen LogP contribution in [0.4, 0.5) is 0 Å². The molecule has 0 saturated carbocycles. The Morgan fingerprint density at radius 1 is 1.60 bits per heavy atom. The Balaban J connectivity index is 2.67. The van der Waals surface area contributed by atoms with Crippen molar-refractivity contribution in [1.29, 1.82) is 0 Å². The summed E-state index contributed by atoms with van der Waals surface area (Å²) in [7, 11) is -4.07. The molecule has 0 radical (unpaired) electrons. The van der Waals surface area contributed by atoms with Crippen LogP contribution in [0.15, 0.2) is 12.3 Å². The van der Waals surface area contributed by atoms with Gasteiger partial charge in [-0.05, 0) is 6.08 Å². The van der Waals surface area contributed by atoms with Gasteiger partial charge in [-0.15, -0.1) is 4.31 Å². The van der Waals surface area contributed by atoms with E-state index < -0.39 is 10.3 Å². The van der Waals surface area contributed by atoms with Gasteiger partial charge in [0.2, 0.25) is 0 Å². The molecule has 10 heavy (non-hydrogen) atoms. The van der Waals surface area contributed by atoms with Crippen molar-refractivity contribution in [2.24, 2.45) is 0 Å². The van der Waals surface area contributed by atoms with Gasteiger partial charge in [0.25, 0.3) is 0 Å². The SMILES string of the molecule is O=S(=O)(O)N1CC=COC1. The highest BCUT2D eigenvalue weighted by Crippen LogP contribution is 2.02. The molecule has 0 atom stereocenters. The molecule has 1 heterocycles. The summed E-state index contributed by atoms with van der Waals surface area (Å²) >= 11 is 0. The topological polar surface area (TPSA) is 66.8 Å². The summed E-state index contributed by atoms with van der Waals surface area (Å²) in [6, 6.07) is 0. The first-order valence-electron chi connectivity index (χ1n) is 2.60. The molecule has 0 aromatic carbocycles. The lowest BCUT2D eigenvalue weighted by Crippen LogP contribution is -2.34. The largest absolute Gasteiger partial charge is 0.485 e. The van der Waals surface area contributed by atoms with E-state index >= 15 is 0 Å². The summed E-state index contributed by atoms with van der Waals surface area (Å²) in [5, 5.41) is 0. The lowest BCUT2D eigenvalue weighted by molar-refractivity contribution is 0.135. The van der Waals surface area contributed by atoms with E-state index in [0.29, 0.717) is 0 Å². The highest BCUT2D eigenvalue weighted by atomic mass is 32.2. The molecule has 0 aromatic rings. The molecule has 0 aliphatic carbocycles. The Labute approximate surface area is 58.8 Å². The third-order valence-electron chi connectivity index (χ3n) is 1.05. The standard InChI is InChI=1S/C4H7NO4S/c6-10(7,8)5-2-1-3-9-4-5/h1,3H,2,4H2,(H,6,7,8). The number of nitrogens with zero attached hydrogens (tertiary/aromatic N) is 1. The van der Waals surface area contributed by atoms with Crippen molar-refractivity contribution < 1.29 is 17.7 Å². The Kier molecular flexibility index (Phi) is 1.93. The van der Waals surface area contributed by atoms with E-state index in [4.69, 9.17) is 4.55 Å². The van der Waals surface area contributed by atoms with Gasteiger partial charge in [0.05, 0.1) is 6.26 Å². The number of rotatable bonds is 1. The van der Waals surface area contributed by atoms with Crippen molar-refractivity contribution in [3.63, 3.8) is 0 Å². The molecule has 0 unspecified atom stereocenters. The molecule has 0 saturated heterocycles. The predicted molar refractivity (Wildman–Crippen MR) is 33.3 cm³/mol. The normalized spacial score (nSPS) is 20.5. The van der Waals surface area contributed by atoms with Crippen LogP contribution in [0.3, 0.4) is 0 Å². The fraction of sp³-hybridized carbons (Fsp3) is 0.500. The van der Waals surface area contributed by atoms with Crippen LogP contribution in [0.5, 0.6) is 0 Å². The zero-order valence-electron chi connectivity index (χ0n) is 5.10. The fourth-order valence-corrected chi connectivity index (χ4v) is 1.04. The van der Waals surface area contributed by atoms with Crippen molar-refractivity contribution in [2.75, 3.05) is 13.3 Å². The molecule has 0 spiro atoms. The third kappa shape index (κ3) is 1.69. The molecule has 1 N–H and O–H groups in total. The van der Waals surface area contributed by atoms with Crippen molar-refractivity contribution in [3.05, 3.63) is 12.3 Å². The molecule has 1 aliphatic rings. The molecule has 1 aliphatic heterocycles. The highest BCUT2D eigenvalue weighted by molar-refractivity contribution is 7.83. The summed E-state index contributed by atoms with van der Waals surface area (Å²) in [6.07, 6.45) is 2.89. The third-order valence-corrected chi connectivity index (χ3v) is 1.95. The molecule has 1 rings (SSSR count). The van der Waals surface area contributed by atoms with Crippen LogP contribution < -0.4 is 0 Å². The summed E-state index contributed by atoms with van der Waals surface area (Å²) in [5.74, 6) is 0. The lowest BCUT2D eigenvalue weighted by atomic mass is 10.6. The Bertz CT molecular complexity index is 232. The van der Waals surface area contributed by atoms with Gasteiger partial charge < -0.3 is 4.74 Å². The van der Waals surface area contributed by atoms with Gasteiger partial charge in [-0.3, -0.25) is 4.55 Å². The monoisotopic (exact) mass is 165 g/mol. The van der Waals surface area contributed by atoms with Crippen LogP contribution in [-0.2, 0) is 15.0 Å². The Hall–Kier alpha value is -0.590. The lowest BCUT2D eigenvalue weighted by Gasteiger charge is -2.18. The Morgan fingerprint density at radius 3 is 2.60 bits per heavy atom. The van der Waals surface area contributed by atoms with Crippen molar-refractivity contribution in [1.82, 2.24) is 4.31 Å². The second-order valence-electron chi connectivity index (χ2n) is 1.78. The van der Waals surface area contributed by atoms with Gasteiger partial charge >= 0.3 is 10.3 Å². The first-order chi connectivity index (χ1) is 4.61. The van der Waals surface area contributed by atoms with Gasteiger partial charge in [0.15, 0.2) is 6.73 Å². The Morgan fingerprint density at radius 2 is 2.30 bits per heavy atom. The highest BCUT2D eigenvalue weighted by Gasteiger charge is 2.18. The number of ether oxygens (including phenoxy) is 1. The predicted octanol–water partition coefficient (Wildman–Crippen LogP) is -0.407. The van der Waals surface area contributed by atoms with Crippen molar-refractivity contribution in [2.45, 2.75) is 0 Å². The molecular weight excluding hydrogens is 158 g/mol. The zero-order valence-corrected chi connectivity index (χ0v) is 5.91. The van der Waals surface area contributed by atoms with Crippen LogP contribution >= 0.6 is 0 Å². The second kappa shape index (κ2) is 2.57. The molecule has 0 aromatic heterocycles. The van der Waals surface area contributed by atoms with E-state index in [2.05, 4.69) is 4.74 Å².